The fourth-order valence-electron chi connectivity index (χ4n) is 2.80. The minimum Gasteiger partial charge on any atom is -0.377 e. The van der Waals surface area contributed by atoms with Gasteiger partial charge in [0.2, 0.25) is 10.0 Å². The molecule has 0 radical (unpaired) electrons. The summed E-state index contributed by atoms with van der Waals surface area (Å²) >= 11 is 0. The molecule has 1 aromatic heterocycles. The molecule has 7 nitrogen and oxygen atoms in total. The highest BCUT2D eigenvalue weighted by Gasteiger charge is 2.28. The summed E-state index contributed by atoms with van der Waals surface area (Å²) in [5, 5.41) is 4.27. The molecule has 1 unspecified atom stereocenters. The van der Waals surface area contributed by atoms with Crippen LogP contribution in [0.25, 0.3) is 0 Å². The van der Waals surface area contributed by atoms with Crippen molar-refractivity contribution in [2.24, 2.45) is 0 Å². The van der Waals surface area contributed by atoms with E-state index in [0.29, 0.717) is 30.7 Å². The number of ether oxygens (including phenoxy) is 1. The Hall–Kier alpha value is -1.91. The number of aryl methyl sites for hydroxylation is 1. The van der Waals surface area contributed by atoms with Gasteiger partial charge in [-0.05, 0) is 18.9 Å². The van der Waals surface area contributed by atoms with Crippen molar-refractivity contribution >= 4 is 10.0 Å². The van der Waals surface area contributed by atoms with Gasteiger partial charge in [0.1, 0.15) is 24.1 Å². The zero-order valence-corrected chi connectivity index (χ0v) is 14.4. The van der Waals surface area contributed by atoms with E-state index in [-0.39, 0.29) is 12.2 Å². The van der Waals surface area contributed by atoms with E-state index < -0.39 is 33.5 Å². The monoisotopic (exact) mass is 372 g/mol. The maximum absolute atomic E-state index is 13.7. The van der Waals surface area contributed by atoms with Crippen LogP contribution in [0.5, 0.6) is 0 Å². The van der Waals surface area contributed by atoms with Crippen LogP contribution < -0.4 is 4.72 Å². The molecule has 25 heavy (non-hydrogen) atoms. The maximum atomic E-state index is 13.7. The maximum Gasteiger partial charge on any atom is 0.216 e. The van der Waals surface area contributed by atoms with Gasteiger partial charge < -0.3 is 4.74 Å². The lowest BCUT2D eigenvalue weighted by atomic mass is 10.1. The summed E-state index contributed by atoms with van der Waals surface area (Å²) in [5.41, 5.74) is -0.0914. The highest BCUT2D eigenvalue weighted by Crippen LogP contribution is 2.25. The summed E-state index contributed by atoms with van der Waals surface area (Å²) in [6, 6.07) is 2.28. The quantitative estimate of drug-likeness (QED) is 0.833. The van der Waals surface area contributed by atoms with Gasteiger partial charge in [-0.3, -0.25) is 0 Å². The third kappa shape index (κ3) is 4.20. The van der Waals surface area contributed by atoms with Crippen molar-refractivity contribution in [3.8, 4) is 0 Å². The average Bonchev–Trinajstić information content (AvgIpc) is 2.94. The first-order chi connectivity index (χ1) is 11.9. The Kier molecular flexibility index (Phi) is 5.11. The Labute approximate surface area is 144 Å². The predicted molar refractivity (Wildman–Crippen MR) is 84.8 cm³/mol. The molecule has 1 N–H and O–H groups in total. The Morgan fingerprint density at radius 2 is 2.20 bits per heavy atom. The molecular weight excluding hydrogens is 354 g/mol. The van der Waals surface area contributed by atoms with Gasteiger partial charge in [0.15, 0.2) is 5.82 Å². The lowest BCUT2D eigenvalue weighted by Gasteiger charge is -2.23. The van der Waals surface area contributed by atoms with E-state index in [0.717, 1.165) is 18.6 Å². The van der Waals surface area contributed by atoms with Gasteiger partial charge in [0.05, 0.1) is 11.8 Å². The Morgan fingerprint density at radius 1 is 1.40 bits per heavy atom. The van der Waals surface area contributed by atoms with Crippen LogP contribution in [0, 0.1) is 11.6 Å². The molecule has 1 aromatic carbocycles. The molecule has 0 saturated heterocycles. The molecule has 1 aliphatic rings. The summed E-state index contributed by atoms with van der Waals surface area (Å²) in [6.07, 6.45) is 1.30. The molecule has 0 aliphatic carbocycles. The van der Waals surface area contributed by atoms with Gasteiger partial charge in [-0.2, -0.15) is 5.10 Å². The lowest BCUT2D eigenvalue weighted by Crippen LogP contribution is -2.34. The summed E-state index contributed by atoms with van der Waals surface area (Å²) in [4.78, 5) is 4.32. The Morgan fingerprint density at radius 3 is 2.92 bits per heavy atom. The topological polar surface area (TPSA) is 86.1 Å². The van der Waals surface area contributed by atoms with Crippen LogP contribution in [0.2, 0.25) is 0 Å². The Bertz CT molecular complexity index is 870. The molecule has 136 valence electrons. The second kappa shape index (κ2) is 7.14. The normalized spacial score (nSPS) is 17.5. The molecule has 10 heteroatoms. The van der Waals surface area contributed by atoms with Gasteiger partial charge >= 0.3 is 0 Å². The van der Waals surface area contributed by atoms with E-state index in [1.807, 2.05) is 0 Å². The van der Waals surface area contributed by atoms with Crippen LogP contribution in [0.4, 0.5) is 8.78 Å². The number of hydrogen-bond acceptors (Lipinski definition) is 5. The molecule has 0 amide bonds. The Balaban J connectivity index is 1.77. The van der Waals surface area contributed by atoms with Gasteiger partial charge in [0, 0.05) is 25.3 Å². The summed E-state index contributed by atoms with van der Waals surface area (Å²) in [5.74, 6) is -1.22. The number of nitrogens with one attached hydrogen (secondary N) is 1. The van der Waals surface area contributed by atoms with Crippen LogP contribution in [0.3, 0.4) is 0 Å². The van der Waals surface area contributed by atoms with E-state index in [1.165, 1.54) is 7.11 Å². The van der Waals surface area contributed by atoms with Gasteiger partial charge in [-0.15, -0.1) is 0 Å². The number of nitrogens with zero attached hydrogens (tertiary/aromatic N) is 3. The second-order valence-electron chi connectivity index (χ2n) is 5.85. The van der Waals surface area contributed by atoms with E-state index in [9.17, 15) is 17.2 Å². The number of sulfonamides is 1. The molecule has 1 atom stereocenters. The van der Waals surface area contributed by atoms with E-state index >= 15 is 0 Å². The van der Waals surface area contributed by atoms with Crippen LogP contribution in [0.15, 0.2) is 18.2 Å². The molecule has 0 spiro atoms. The zero-order chi connectivity index (χ0) is 18.0. The van der Waals surface area contributed by atoms with Crippen LogP contribution >= 0.6 is 0 Å². The van der Waals surface area contributed by atoms with Gasteiger partial charge in [-0.1, -0.05) is 6.07 Å². The number of benzene rings is 1. The van der Waals surface area contributed by atoms with Crippen molar-refractivity contribution in [3.05, 3.63) is 47.0 Å². The average molecular weight is 372 g/mol. The standard InChI is InChI=1S/C15H18F2N4O3S/c1-24-8-14-18-15-13(3-2-6-21(15)19-14)20-25(22,23)9-10-4-5-11(16)7-12(10)17/h4-5,7,13,20H,2-3,6,8-9H2,1H3. The number of methoxy groups -OCH3 is 1. The minimum atomic E-state index is -3.84. The van der Waals surface area contributed by atoms with E-state index in [4.69, 9.17) is 4.74 Å². The number of halogens is 2. The molecule has 2 heterocycles. The molecule has 0 bridgehead atoms. The third-order valence-corrected chi connectivity index (χ3v) is 5.21. The number of rotatable bonds is 6. The van der Waals surface area contributed by atoms with Crippen molar-refractivity contribution in [1.82, 2.24) is 19.5 Å². The summed E-state index contributed by atoms with van der Waals surface area (Å²) in [6.45, 7) is 0.886. The van der Waals surface area contributed by atoms with Crippen LogP contribution in [-0.4, -0.2) is 30.3 Å². The number of hydrogen-bond donors (Lipinski definition) is 1. The third-order valence-electron chi connectivity index (χ3n) is 3.87. The second-order valence-corrected chi connectivity index (χ2v) is 7.60. The van der Waals surface area contributed by atoms with E-state index in [2.05, 4.69) is 14.8 Å². The first-order valence-corrected chi connectivity index (χ1v) is 9.39. The fraction of sp³-hybridized carbons (Fsp3) is 0.467. The van der Waals surface area contributed by atoms with Crippen molar-refractivity contribution in [2.75, 3.05) is 7.11 Å². The number of aromatic nitrogens is 3. The highest BCUT2D eigenvalue weighted by atomic mass is 32.2. The summed E-state index contributed by atoms with van der Waals surface area (Å²) in [7, 11) is -2.31. The van der Waals surface area contributed by atoms with Crippen LogP contribution in [0.1, 0.15) is 36.1 Å². The number of fused-ring (bicyclic) bond motifs is 1. The fourth-order valence-corrected chi connectivity index (χ4v) is 4.19. The van der Waals surface area contributed by atoms with Crippen LogP contribution in [-0.2, 0) is 33.7 Å². The molecular formula is C15H18F2N4O3S. The SMILES string of the molecule is COCc1nc2n(n1)CCCC2NS(=O)(=O)Cc1ccc(F)cc1F. The van der Waals surface area contributed by atoms with Crippen molar-refractivity contribution in [1.29, 1.82) is 0 Å². The van der Waals surface area contributed by atoms with Crippen molar-refractivity contribution < 1.29 is 21.9 Å². The first kappa shape index (κ1) is 17.9. The summed E-state index contributed by atoms with van der Waals surface area (Å²) < 4.78 is 60.6. The highest BCUT2D eigenvalue weighted by molar-refractivity contribution is 7.88. The molecule has 0 saturated carbocycles. The lowest BCUT2D eigenvalue weighted by molar-refractivity contribution is 0.177. The zero-order valence-electron chi connectivity index (χ0n) is 13.6. The molecule has 1 aliphatic heterocycles. The largest absolute Gasteiger partial charge is 0.377 e. The molecule has 3 rings (SSSR count). The van der Waals surface area contributed by atoms with Crippen molar-refractivity contribution in [2.45, 2.75) is 37.8 Å². The predicted octanol–water partition coefficient (Wildman–Crippen LogP) is 1.66. The molecule has 0 fully saturated rings. The smallest absolute Gasteiger partial charge is 0.216 e. The van der Waals surface area contributed by atoms with Crippen molar-refractivity contribution in [3.63, 3.8) is 0 Å². The van der Waals surface area contributed by atoms with E-state index in [1.54, 1.807) is 4.68 Å². The van der Waals surface area contributed by atoms with Gasteiger partial charge in [-0.25, -0.2) is 31.6 Å². The van der Waals surface area contributed by atoms with Gasteiger partial charge in [0.25, 0.3) is 0 Å². The molecule has 2 aromatic rings. The minimum absolute atomic E-state index is 0.0914. The first-order valence-electron chi connectivity index (χ1n) is 7.74.